The molecule has 0 heterocycles. The lowest BCUT2D eigenvalue weighted by Crippen LogP contribution is -2.51. The minimum Gasteiger partial charge on any atom is -0.508 e. The molecule has 0 aromatic heterocycles. The highest BCUT2D eigenvalue weighted by Gasteiger charge is 2.22. The van der Waals surface area contributed by atoms with Crippen molar-refractivity contribution in [2.45, 2.75) is 38.8 Å². The molecule has 2 amide bonds. The number of nitrogens with one attached hydrogen (secondary N) is 1. The van der Waals surface area contributed by atoms with Crippen molar-refractivity contribution in [1.29, 1.82) is 0 Å². The summed E-state index contributed by atoms with van der Waals surface area (Å²) in [4.78, 5) is 13.6. The fraction of sp³-hybridized carbons (Fsp3) is 0.350. The summed E-state index contributed by atoms with van der Waals surface area (Å²) in [6.07, 6.45) is 3.55. The van der Waals surface area contributed by atoms with Gasteiger partial charge in [-0.1, -0.05) is 50.1 Å². The second-order valence-electron chi connectivity index (χ2n) is 6.07. The molecule has 0 spiro atoms. The molecular weight excluding hydrogens is 314 g/mol. The van der Waals surface area contributed by atoms with Crippen LogP contribution in [0.3, 0.4) is 0 Å². The van der Waals surface area contributed by atoms with Crippen LogP contribution < -0.4 is 16.0 Å². The van der Waals surface area contributed by atoms with Crippen molar-refractivity contribution in [3.8, 4) is 5.75 Å². The lowest BCUT2D eigenvalue weighted by molar-refractivity contribution is 0.249. The smallest absolute Gasteiger partial charge is 0.320 e. The van der Waals surface area contributed by atoms with Gasteiger partial charge in [0.25, 0.3) is 0 Å². The molecule has 0 saturated heterocycles. The zero-order valence-electron chi connectivity index (χ0n) is 14.7. The third-order valence-electron chi connectivity index (χ3n) is 4.14. The summed E-state index contributed by atoms with van der Waals surface area (Å²) in [7, 11) is 0. The van der Waals surface area contributed by atoms with Gasteiger partial charge in [0.2, 0.25) is 0 Å². The first kappa shape index (κ1) is 18.8. The Morgan fingerprint density at radius 2 is 1.84 bits per heavy atom. The van der Waals surface area contributed by atoms with Crippen molar-refractivity contribution in [1.82, 2.24) is 5.32 Å². The van der Waals surface area contributed by atoms with E-state index in [4.69, 9.17) is 5.73 Å². The molecule has 4 N–H and O–H groups in total. The first-order valence-corrected chi connectivity index (χ1v) is 8.77. The summed E-state index contributed by atoms with van der Waals surface area (Å²) < 4.78 is 0. The molecule has 0 aliphatic carbocycles. The van der Waals surface area contributed by atoms with Crippen LogP contribution in [0.4, 0.5) is 10.5 Å². The number of nitrogens with zero attached hydrogens (tertiary/aromatic N) is 1. The maximum absolute atomic E-state index is 12.1. The Bertz CT molecular complexity index is 644. The third kappa shape index (κ3) is 5.80. The Kier molecular flexibility index (Phi) is 7.29. The van der Waals surface area contributed by atoms with E-state index in [0.29, 0.717) is 5.69 Å². The summed E-state index contributed by atoms with van der Waals surface area (Å²) in [5.74, 6) is 0.162. The zero-order chi connectivity index (χ0) is 18.1. The van der Waals surface area contributed by atoms with Crippen molar-refractivity contribution in [3.63, 3.8) is 0 Å². The van der Waals surface area contributed by atoms with E-state index in [1.807, 2.05) is 18.2 Å². The molecule has 0 radical (unpaired) electrons. The number of phenols is 1. The molecule has 0 aliphatic heterocycles. The molecule has 1 atom stereocenters. The monoisotopic (exact) mass is 341 g/mol. The zero-order valence-corrected chi connectivity index (χ0v) is 14.7. The van der Waals surface area contributed by atoms with Crippen molar-refractivity contribution >= 4 is 11.7 Å². The number of phenolic OH excluding ortho intramolecular Hbond substituents is 1. The predicted octanol–water partition coefficient (Wildman–Crippen LogP) is 3.63. The van der Waals surface area contributed by atoms with Gasteiger partial charge in [0.15, 0.2) is 0 Å². The van der Waals surface area contributed by atoms with Gasteiger partial charge >= 0.3 is 6.03 Å². The number of hydrogen-bond acceptors (Lipinski definition) is 3. The van der Waals surface area contributed by atoms with E-state index in [-0.39, 0.29) is 11.9 Å². The normalized spacial score (nSPS) is 11.9. The van der Waals surface area contributed by atoms with E-state index >= 15 is 0 Å². The number of anilines is 1. The van der Waals surface area contributed by atoms with Gasteiger partial charge in [-0.05, 0) is 42.7 Å². The van der Waals surface area contributed by atoms with E-state index < -0.39 is 6.03 Å². The maximum Gasteiger partial charge on any atom is 0.320 e. The quantitative estimate of drug-likeness (QED) is 0.610. The number of urea groups is 1. The average molecular weight is 341 g/mol. The van der Waals surface area contributed by atoms with Gasteiger partial charge in [-0.3, -0.25) is 10.2 Å². The lowest BCUT2D eigenvalue weighted by atomic mass is 10.1. The molecule has 0 saturated carbocycles. The molecule has 0 aliphatic rings. The summed E-state index contributed by atoms with van der Waals surface area (Å²) in [5.41, 5.74) is 7.58. The average Bonchev–Trinajstić information content (AvgIpc) is 2.61. The standard InChI is InChI=1S/C20H27N3O2/c1-2-3-9-19(22-15-14-16-7-5-4-6-8-16)23(20(21)25)17-10-12-18(24)13-11-17/h4-8,10-13,19,22,24H,2-3,9,14-15H2,1H3,(H2,21,25). The van der Waals surface area contributed by atoms with Gasteiger partial charge in [0, 0.05) is 12.2 Å². The molecule has 25 heavy (non-hydrogen) atoms. The van der Waals surface area contributed by atoms with E-state index in [0.717, 1.165) is 32.2 Å². The van der Waals surface area contributed by atoms with Gasteiger partial charge in [0.1, 0.15) is 5.75 Å². The van der Waals surface area contributed by atoms with Crippen LogP contribution in [0.2, 0.25) is 0 Å². The van der Waals surface area contributed by atoms with Crippen LogP contribution in [-0.2, 0) is 6.42 Å². The second-order valence-corrected chi connectivity index (χ2v) is 6.07. The van der Waals surface area contributed by atoms with Crippen LogP contribution in [0.5, 0.6) is 5.75 Å². The van der Waals surface area contributed by atoms with Crippen LogP contribution in [0.15, 0.2) is 54.6 Å². The molecule has 5 heteroatoms. The molecule has 2 aromatic carbocycles. The Morgan fingerprint density at radius 3 is 2.44 bits per heavy atom. The van der Waals surface area contributed by atoms with E-state index in [1.54, 1.807) is 29.2 Å². The highest BCUT2D eigenvalue weighted by molar-refractivity contribution is 5.91. The van der Waals surface area contributed by atoms with Crippen LogP contribution in [-0.4, -0.2) is 23.8 Å². The Labute approximate surface area is 149 Å². The number of nitrogens with two attached hydrogens (primary N) is 1. The maximum atomic E-state index is 12.1. The van der Waals surface area contributed by atoms with Crippen LogP contribution in [0, 0.1) is 0 Å². The molecular formula is C20H27N3O2. The molecule has 134 valence electrons. The van der Waals surface area contributed by atoms with Gasteiger partial charge < -0.3 is 10.8 Å². The summed E-state index contributed by atoms with van der Waals surface area (Å²) in [6.45, 7) is 2.87. The lowest BCUT2D eigenvalue weighted by Gasteiger charge is -2.31. The first-order valence-electron chi connectivity index (χ1n) is 8.77. The minimum absolute atomic E-state index is 0.162. The van der Waals surface area contributed by atoms with E-state index in [1.165, 1.54) is 5.56 Å². The van der Waals surface area contributed by atoms with Gasteiger partial charge in [-0.15, -0.1) is 0 Å². The second kappa shape index (κ2) is 9.69. The topological polar surface area (TPSA) is 78.6 Å². The van der Waals surface area contributed by atoms with E-state index in [2.05, 4.69) is 24.4 Å². The van der Waals surface area contributed by atoms with Crippen LogP contribution in [0.1, 0.15) is 31.7 Å². The van der Waals surface area contributed by atoms with Gasteiger partial charge in [0.05, 0.1) is 6.17 Å². The van der Waals surface area contributed by atoms with Gasteiger partial charge in [-0.25, -0.2) is 4.79 Å². The molecule has 1 unspecified atom stereocenters. The van der Waals surface area contributed by atoms with Crippen molar-refractivity contribution < 1.29 is 9.90 Å². The largest absolute Gasteiger partial charge is 0.508 e. The number of unbranched alkanes of at least 4 members (excludes halogenated alkanes) is 1. The highest BCUT2D eigenvalue weighted by atomic mass is 16.3. The number of primary amides is 1. The fourth-order valence-electron chi connectivity index (χ4n) is 2.82. The summed E-state index contributed by atoms with van der Waals surface area (Å²) >= 11 is 0. The number of aromatic hydroxyl groups is 1. The Balaban J connectivity index is 2.08. The Hall–Kier alpha value is -2.53. The number of rotatable bonds is 9. The SMILES string of the molecule is CCCCC(NCCc1ccccc1)N(C(N)=O)c1ccc(O)cc1. The summed E-state index contributed by atoms with van der Waals surface area (Å²) in [6, 6.07) is 16.3. The number of carbonyl (C=O) groups is 1. The van der Waals surface area contributed by atoms with Crippen LogP contribution >= 0.6 is 0 Å². The predicted molar refractivity (Wildman–Crippen MR) is 102 cm³/mol. The van der Waals surface area contributed by atoms with Gasteiger partial charge in [-0.2, -0.15) is 0 Å². The minimum atomic E-state index is -0.501. The molecule has 0 fully saturated rings. The molecule has 2 aromatic rings. The van der Waals surface area contributed by atoms with Crippen LogP contribution in [0.25, 0.3) is 0 Å². The highest BCUT2D eigenvalue weighted by Crippen LogP contribution is 2.21. The summed E-state index contributed by atoms with van der Waals surface area (Å²) in [5, 5.41) is 12.9. The third-order valence-corrected chi connectivity index (χ3v) is 4.14. The fourth-order valence-corrected chi connectivity index (χ4v) is 2.82. The number of benzene rings is 2. The number of amides is 2. The molecule has 0 bridgehead atoms. The van der Waals surface area contributed by atoms with Crippen molar-refractivity contribution in [3.05, 3.63) is 60.2 Å². The number of carbonyl (C=O) groups excluding carboxylic acids is 1. The number of hydrogen-bond donors (Lipinski definition) is 3. The van der Waals surface area contributed by atoms with E-state index in [9.17, 15) is 9.90 Å². The molecule has 2 rings (SSSR count). The van der Waals surface area contributed by atoms with Crippen molar-refractivity contribution in [2.75, 3.05) is 11.4 Å². The van der Waals surface area contributed by atoms with Crippen molar-refractivity contribution in [2.24, 2.45) is 5.73 Å². The Morgan fingerprint density at radius 1 is 1.16 bits per heavy atom. The molecule has 5 nitrogen and oxygen atoms in total. The first-order chi connectivity index (χ1) is 12.1.